The predicted molar refractivity (Wildman–Crippen MR) is 166 cm³/mol. The third kappa shape index (κ3) is 5.54. The summed E-state index contributed by atoms with van der Waals surface area (Å²) >= 11 is 2.93. The van der Waals surface area contributed by atoms with Gasteiger partial charge in [-0.2, -0.15) is 18.3 Å². The Balaban J connectivity index is 1.49. The first-order chi connectivity index (χ1) is 21.5. The van der Waals surface area contributed by atoms with Crippen LogP contribution < -0.4 is 10.9 Å². The van der Waals surface area contributed by atoms with E-state index in [1.54, 1.807) is 46.5 Å². The van der Waals surface area contributed by atoms with Crippen LogP contribution in [-0.4, -0.2) is 44.0 Å². The van der Waals surface area contributed by atoms with Gasteiger partial charge in [0.25, 0.3) is 17.4 Å². The van der Waals surface area contributed by atoms with Crippen LogP contribution in [0.3, 0.4) is 0 Å². The summed E-state index contributed by atoms with van der Waals surface area (Å²) in [7, 11) is 1.54. The first-order valence-electron chi connectivity index (χ1n) is 14.2. The van der Waals surface area contributed by atoms with Gasteiger partial charge in [0, 0.05) is 46.2 Å². The summed E-state index contributed by atoms with van der Waals surface area (Å²) in [6.07, 6.45) is -2.32. The minimum absolute atomic E-state index is 0.0264. The van der Waals surface area contributed by atoms with E-state index in [1.165, 1.54) is 24.1 Å². The van der Waals surface area contributed by atoms with Crippen LogP contribution in [0.1, 0.15) is 55.6 Å². The Labute approximate surface area is 264 Å². The van der Waals surface area contributed by atoms with Gasteiger partial charge in [-0.25, -0.2) is 4.52 Å². The largest absolute Gasteiger partial charge is 0.417 e. The van der Waals surface area contributed by atoms with E-state index in [0.29, 0.717) is 34.6 Å². The SMILES string of the molecule is CNC(=O)c1ccc(-n2c(=O)c3c(n4ncc(Cc5ccccc5)c24)CN(C(=O)c2ccc(Br)c(C(F)(F)F)c2)[C@@H](C)C3)cc1. The number of benzene rings is 3. The highest BCUT2D eigenvalue weighted by atomic mass is 79.9. The van der Waals surface area contributed by atoms with Crippen molar-refractivity contribution in [3.8, 4) is 5.69 Å². The van der Waals surface area contributed by atoms with E-state index < -0.39 is 23.7 Å². The molecule has 1 atom stereocenters. The Morgan fingerprint density at radius 1 is 1.02 bits per heavy atom. The minimum atomic E-state index is -4.64. The Kier molecular flexibility index (Phi) is 7.86. The molecular formula is C33H27BrF3N5O3. The zero-order chi connectivity index (χ0) is 32.0. The number of carbonyl (C=O) groups is 2. The van der Waals surface area contributed by atoms with Crippen molar-refractivity contribution in [2.45, 2.75) is 38.5 Å². The molecule has 8 nitrogen and oxygen atoms in total. The molecule has 6 rings (SSSR count). The van der Waals surface area contributed by atoms with E-state index in [0.717, 1.165) is 17.2 Å². The van der Waals surface area contributed by atoms with Crippen molar-refractivity contribution in [1.29, 1.82) is 0 Å². The average Bonchev–Trinajstić information content (AvgIpc) is 3.43. The maximum absolute atomic E-state index is 14.3. The van der Waals surface area contributed by atoms with Crippen LogP contribution >= 0.6 is 15.9 Å². The number of aromatic nitrogens is 3. The molecule has 0 fully saturated rings. The molecule has 0 spiro atoms. The van der Waals surface area contributed by atoms with Crippen LogP contribution in [0.25, 0.3) is 11.3 Å². The van der Waals surface area contributed by atoms with Gasteiger partial charge in [-0.3, -0.25) is 19.0 Å². The van der Waals surface area contributed by atoms with Crippen molar-refractivity contribution in [3.63, 3.8) is 0 Å². The quantitative estimate of drug-likeness (QED) is 0.255. The first-order valence-corrected chi connectivity index (χ1v) is 14.9. The number of nitrogens with one attached hydrogen (secondary N) is 1. The monoisotopic (exact) mass is 677 g/mol. The normalized spacial score (nSPS) is 14.8. The smallest absolute Gasteiger partial charge is 0.355 e. The molecule has 3 heterocycles. The Hall–Kier alpha value is -4.71. The molecule has 45 heavy (non-hydrogen) atoms. The van der Waals surface area contributed by atoms with Gasteiger partial charge in [0.1, 0.15) is 5.65 Å². The van der Waals surface area contributed by atoms with Crippen molar-refractivity contribution < 1.29 is 22.8 Å². The summed E-state index contributed by atoms with van der Waals surface area (Å²) < 4.78 is 43.9. The molecule has 2 amide bonds. The summed E-state index contributed by atoms with van der Waals surface area (Å²) in [4.78, 5) is 41.6. The number of nitrogens with zero attached hydrogens (tertiary/aromatic N) is 4. The lowest BCUT2D eigenvalue weighted by Crippen LogP contribution is -2.46. The van der Waals surface area contributed by atoms with Gasteiger partial charge in [-0.05, 0) is 61.4 Å². The number of fused-ring (bicyclic) bond motifs is 3. The number of amides is 2. The number of hydrogen-bond donors (Lipinski definition) is 1. The second kappa shape index (κ2) is 11.7. The van der Waals surface area contributed by atoms with Gasteiger partial charge in [0.15, 0.2) is 0 Å². The van der Waals surface area contributed by atoms with Crippen molar-refractivity contribution in [2.24, 2.45) is 0 Å². The van der Waals surface area contributed by atoms with Gasteiger partial charge in [-0.1, -0.05) is 46.3 Å². The fourth-order valence-corrected chi connectivity index (χ4v) is 6.26. The van der Waals surface area contributed by atoms with Crippen LogP contribution in [0.2, 0.25) is 0 Å². The number of alkyl halides is 3. The molecular weight excluding hydrogens is 651 g/mol. The summed E-state index contributed by atoms with van der Waals surface area (Å²) in [5.41, 5.74) is 2.85. The predicted octanol–water partition coefficient (Wildman–Crippen LogP) is 5.80. The number of hydrogen-bond acceptors (Lipinski definition) is 4. The maximum Gasteiger partial charge on any atom is 0.417 e. The molecule has 1 aliphatic heterocycles. The number of rotatable bonds is 5. The molecule has 0 saturated heterocycles. The molecule has 0 bridgehead atoms. The Bertz CT molecular complexity index is 2000. The third-order valence-electron chi connectivity index (χ3n) is 8.08. The molecule has 1 aliphatic rings. The lowest BCUT2D eigenvalue weighted by atomic mass is 9.97. The van der Waals surface area contributed by atoms with Crippen LogP contribution in [0.4, 0.5) is 13.2 Å². The number of halogens is 4. The zero-order valence-electron chi connectivity index (χ0n) is 24.2. The van der Waals surface area contributed by atoms with Crippen molar-refractivity contribution in [2.75, 3.05) is 7.05 Å². The summed E-state index contributed by atoms with van der Waals surface area (Å²) in [5.74, 6) is -0.838. The summed E-state index contributed by atoms with van der Waals surface area (Å²) in [6.45, 7) is 1.74. The molecule has 3 aromatic carbocycles. The van der Waals surface area contributed by atoms with Crippen LogP contribution in [0.5, 0.6) is 0 Å². The Morgan fingerprint density at radius 2 is 1.71 bits per heavy atom. The van der Waals surface area contributed by atoms with E-state index in [4.69, 9.17) is 0 Å². The molecule has 12 heteroatoms. The lowest BCUT2D eigenvalue weighted by Gasteiger charge is -2.35. The molecule has 230 valence electrons. The lowest BCUT2D eigenvalue weighted by molar-refractivity contribution is -0.138. The van der Waals surface area contributed by atoms with Gasteiger partial charge in [-0.15, -0.1) is 0 Å². The van der Waals surface area contributed by atoms with E-state index >= 15 is 0 Å². The number of carbonyl (C=O) groups excluding carboxylic acids is 2. The standard InChI is InChI=1S/C33H27BrF3N5O3/c1-19-14-25-28(18-40(19)31(44)22-10-13-27(34)26(16-22)33(35,36)37)42-30(23(17-39-42)15-20-6-4-3-5-7-20)41(32(25)45)24-11-8-21(9-12-24)29(43)38-2/h3-13,16-17,19H,14-15,18H2,1-2H3,(H,38,43)/t19-/m0/s1. The average molecular weight is 679 g/mol. The first kappa shape index (κ1) is 30.3. The van der Waals surface area contributed by atoms with E-state index in [1.807, 2.05) is 30.3 Å². The fourth-order valence-electron chi connectivity index (χ4n) is 5.78. The highest BCUT2D eigenvalue weighted by molar-refractivity contribution is 9.10. The van der Waals surface area contributed by atoms with Crippen molar-refractivity contribution in [3.05, 3.63) is 133 Å². The maximum atomic E-state index is 14.3. The van der Waals surface area contributed by atoms with Gasteiger partial charge < -0.3 is 10.2 Å². The fraction of sp³-hybridized carbons (Fsp3) is 0.212. The van der Waals surface area contributed by atoms with E-state index in [9.17, 15) is 27.6 Å². The highest BCUT2D eigenvalue weighted by Gasteiger charge is 2.36. The molecule has 5 aromatic rings. The summed E-state index contributed by atoms with van der Waals surface area (Å²) in [6, 6.07) is 19.3. The second-order valence-electron chi connectivity index (χ2n) is 10.9. The highest BCUT2D eigenvalue weighted by Crippen LogP contribution is 2.36. The minimum Gasteiger partial charge on any atom is -0.355 e. The van der Waals surface area contributed by atoms with Crippen molar-refractivity contribution >= 4 is 33.4 Å². The molecule has 0 unspecified atom stereocenters. The molecule has 2 aromatic heterocycles. The van der Waals surface area contributed by atoms with Crippen LogP contribution in [0, 0.1) is 0 Å². The molecule has 0 aliphatic carbocycles. The topological polar surface area (TPSA) is 88.7 Å². The van der Waals surface area contributed by atoms with Gasteiger partial charge in [0.2, 0.25) is 0 Å². The molecule has 0 saturated carbocycles. The molecule has 1 N–H and O–H groups in total. The Morgan fingerprint density at radius 3 is 2.38 bits per heavy atom. The van der Waals surface area contributed by atoms with Gasteiger partial charge in [0.05, 0.1) is 29.7 Å². The zero-order valence-corrected chi connectivity index (χ0v) is 25.8. The van der Waals surface area contributed by atoms with Crippen LogP contribution in [0.15, 0.2) is 88.3 Å². The van der Waals surface area contributed by atoms with Crippen molar-refractivity contribution in [1.82, 2.24) is 24.4 Å². The molecule has 0 radical (unpaired) electrons. The second-order valence-corrected chi connectivity index (χ2v) is 11.8. The van der Waals surface area contributed by atoms with Crippen LogP contribution in [-0.2, 0) is 25.6 Å². The van der Waals surface area contributed by atoms with E-state index in [-0.39, 0.29) is 34.5 Å². The third-order valence-corrected chi connectivity index (χ3v) is 8.77. The van der Waals surface area contributed by atoms with E-state index in [2.05, 4.69) is 26.3 Å². The summed E-state index contributed by atoms with van der Waals surface area (Å²) in [5, 5.41) is 7.25. The van der Waals surface area contributed by atoms with Gasteiger partial charge >= 0.3 is 6.18 Å².